The van der Waals surface area contributed by atoms with Crippen molar-refractivity contribution in [3.05, 3.63) is 77.9 Å². The average Bonchev–Trinajstić information content (AvgIpc) is 3.72. The summed E-state index contributed by atoms with van der Waals surface area (Å²) in [7, 11) is 6.82. The molecule has 0 spiro atoms. The van der Waals surface area contributed by atoms with Crippen LogP contribution in [0.25, 0.3) is 6.08 Å². The number of amides is 4. The molecule has 350 valence electrons. The minimum Gasteiger partial charge on any atom is -0.481 e. The maximum Gasteiger partial charge on any atom is 0.303 e. The van der Waals surface area contributed by atoms with Gasteiger partial charge in [-0.25, -0.2) is 0 Å². The third-order valence-corrected chi connectivity index (χ3v) is 12.7. The Morgan fingerprint density at radius 1 is 0.857 bits per heavy atom. The summed E-state index contributed by atoms with van der Waals surface area (Å²) in [5.41, 5.74) is 2.13. The van der Waals surface area contributed by atoms with Crippen molar-refractivity contribution in [1.29, 1.82) is 0 Å². The number of aliphatic carboxylic acids is 1. The quantitative estimate of drug-likeness (QED) is 0.0979. The first kappa shape index (κ1) is 52.9. The van der Waals surface area contributed by atoms with Gasteiger partial charge in [0.25, 0.3) is 0 Å². The molecular weight excluding hydrogens is 799 g/mol. The Hall–Kier alpha value is -4.43. The van der Waals surface area contributed by atoms with E-state index in [-0.39, 0.29) is 60.5 Å². The number of rotatable bonds is 26. The molecule has 2 aromatic carbocycles. The summed E-state index contributed by atoms with van der Waals surface area (Å²) < 4.78 is 12.2. The zero-order valence-corrected chi connectivity index (χ0v) is 39.8. The van der Waals surface area contributed by atoms with E-state index in [0.29, 0.717) is 32.4 Å². The number of ether oxygens (including phenoxy) is 2. The van der Waals surface area contributed by atoms with Crippen LogP contribution in [-0.2, 0) is 39.9 Å². The van der Waals surface area contributed by atoms with Gasteiger partial charge >= 0.3 is 5.97 Å². The number of benzene rings is 2. The topological polar surface area (TPSA) is 158 Å². The molecule has 1 fully saturated rings. The summed E-state index contributed by atoms with van der Waals surface area (Å²) in [6.07, 6.45) is 6.12. The highest BCUT2D eigenvalue weighted by atomic mass is 16.5. The number of nitrogens with zero attached hydrogens (tertiary/aromatic N) is 3. The Morgan fingerprint density at radius 3 is 2.02 bits per heavy atom. The van der Waals surface area contributed by atoms with Gasteiger partial charge in [0.1, 0.15) is 0 Å². The number of likely N-dealkylation sites (N-methyl/N-ethyl adjacent to an activating group) is 2. The minimum absolute atomic E-state index is 0.00544. The van der Waals surface area contributed by atoms with E-state index in [4.69, 9.17) is 14.6 Å². The van der Waals surface area contributed by atoms with Crippen LogP contribution in [0.15, 0.2) is 66.7 Å². The molecule has 4 amide bonds. The lowest BCUT2D eigenvalue weighted by atomic mass is 9.87. The second-order valence-electron chi connectivity index (χ2n) is 18.1. The average molecular weight is 876 g/mol. The van der Waals surface area contributed by atoms with Crippen LogP contribution < -0.4 is 10.6 Å². The summed E-state index contributed by atoms with van der Waals surface area (Å²) in [6.45, 7) is 14.6. The van der Waals surface area contributed by atoms with E-state index in [0.717, 1.165) is 24.0 Å². The van der Waals surface area contributed by atoms with Gasteiger partial charge in [0.2, 0.25) is 23.6 Å². The third-order valence-electron chi connectivity index (χ3n) is 12.7. The van der Waals surface area contributed by atoms with Crippen LogP contribution in [0.1, 0.15) is 98.1 Å². The molecule has 0 saturated carbocycles. The van der Waals surface area contributed by atoms with Crippen molar-refractivity contribution in [3.63, 3.8) is 0 Å². The minimum atomic E-state index is -0.899. The number of hydrogen-bond acceptors (Lipinski definition) is 9. The number of imide groups is 1. The largest absolute Gasteiger partial charge is 0.481 e. The summed E-state index contributed by atoms with van der Waals surface area (Å²) >= 11 is 0. The second kappa shape index (κ2) is 26.4. The van der Waals surface area contributed by atoms with Gasteiger partial charge in [0.05, 0.1) is 48.7 Å². The molecule has 0 unspecified atom stereocenters. The lowest BCUT2D eigenvalue weighted by Gasteiger charge is -2.43. The van der Waals surface area contributed by atoms with E-state index >= 15 is 0 Å². The molecule has 0 bridgehead atoms. The standard InChI is InChI=1S/C50H77N5O8/c1-12-35(6)46(54(9)45(34(4)5)50(61)52-49(60)44(33(2)3)53(8)29-20-26-43(57)58)41(62-10)32-42(56)55-30-19-25-40(55)47(63-11)36(7)48(59)51-39(31-38-23-17-14-18-24-38)28-27-37-21-15-13-16-22-37/h13-18,21-24,27-28,33-36,39-41,44-47H,12,19-20,25-26,29-32H2,1-11H3,(H,51,59)(H,57,58)(H,52,60,61)/t35-,36+,39+,40-,41+,44-,45-,46-,47+/m0/s1. The fourth-order valence-electron chi connectivity index (χ4n) is 9.38. The molecule has 1 aliphatic heterocycles. The Bertz CT molecular complexity index is 1760. The van der Waals surface area contributed by atoms with Gasteiger partial charge in [0, 0.05) is 33.2 Å². The molecule has 2 aromatic rings. The highest BCUT2D eigenvalue weighted by Gasteiger charge is 2.43. The SMILES string of the molecule is CC[C@H](C)[C@@H]([C@@H](CC(=O)N1CCC[C@H]1[C@H](OC)[C@@H](C)C(=O)N[C@H](C=Cc1ccccc1)Cc1ccccc1)OC)N(C)[C@H](C(=O)NC(=O)[C@H](C(C)C)N(C)CCCC(=O)O)C(C)C. The van der Waals surface area contributed by atoms with Gasteiger partial charge in [-0.2, -0.15) is 0 Å². The van der Waals surface area contributed by atoms with Crippen LogP contribution >= 0.6 is 0 Å². The van der Waals surface area contributed by atoms with Gasteiger partial charge < -0.3 is 24.8 Å². The predicted octanol–water partition coefficient (Wildman–Crippen LogP) is 6.31. The maximum absolute atomic E-state index is 14.5. The Balaban J connectivity index is 1.80. The van der Waals surface area contributed by atoms with E-state index in [1.165, 1.54) is 0 Å². The molecular formula is C50H77N5O8. The van der Waals surface area contributed by atoms with Crippen molar-refractivity contribution < 1.29 is 38.6 Å². The maximum atomic E-state index is 14.5. The summed E-state index contributed by atoms with van der Waals surface area (Å²) in [6, 6.07) is 17.7. The van der Waals surface area contributed by atoms with Crippen LogP contribution in [0.3, 0.4) is 0 Å². The monoisotopic (exact) mass is 876 g/mol. The van der Waals surface area contributed by atoms with Gasteiger partial charge in [0.15, 0.2) is 0 Å². The zero-order chi connectivity index (χ0) is 46.8. The van der Waals surface area contributed by atoms with E-state index in [9.17, 15) is 24.0 Å². The number of carboxylic acids is 1. The van der Waals surface area contributed by atoms with E-state index < -0.39 is 48.0 Å². The molecule has 3 rings (SSSR count). The van der Waals surface area contributed by atoms with Crippen molar-refractivity contribution in [1.82, 2.24) is 25.3 Å². The van der Waals surface area contributed by atoms with E-state index in [1.807, 2.05) is 124 Å². The molecule has 1 aliphatic rings. The van der Waals surface area contributed by atoms with Crippen LogP contribution in [-0.4, -0.2) is 133 Å². The molecule has 9 atom stereocenters. The molecule has 3 N–H and O–H groups in total. The molecule has 0 radical (unpaired) electrons. The number of carbonyl (C=O) groups excluding carboxylic acids is 4. The summed E-state index contributed by atoms with van der Waals surface area (Å²) in [5, 5.41) is 15.1. The number of carbonyl (C=O) groups is 5. The van der Waals surface area contributed by atoms with E-state index in [2.05, 4.69) is 24.5 Å². The summed E-state index contributed by atoms with van der Waals surface area (Å²) in [5.74, 6) is -2.94. The first-order chi connectivity index (χ1) is 29.9. The van der Waals surface area contributed by atoms with Crippen molar-refractivity contribution in [3.8, 4) is 0 Å². The van der Waals surface area contributed by atoms with E-state index in [1.54, 1.807) is 26.2 Å². The van der Waals surface area contributed by atoms with Crippen molar-refractivity contribution in [2.75, 3.05) is 41.4 Å². The first-order valence-electron chi connectivity index (χ1n) is 22.9. The highest BCUT2D eigenvalue weighted by Crippen LogP contribution is 2.30. The number of likely N-dealkylation sites (tertiary alicyclic amines) is 1. The van der Waals surface area contributed by atoms with Crippen LogP contribution in [0.5, 0.6) is 0 Å². The van der Waals surface area contributed by atoms with Crippen LogP contribution in [0, 0.1) is 23.7 Å². The number of hydrogen-bond donors (Lipinski definition) is 3. The zero-order valence-electron chi connectivity index (χ0n) is 39.8. The normalized spacial score (nSPS) is 18.3. The molecule has 13 nitrogen and oxygen atoms in total. The smallest absolute Gasteiger partial charge is 0.303 e. The van der Waals surface area contributed by atoms with Gasteiger partial charge in [-0.15, -0.1) is 0 Å². The second-order valence-corrected chi connectivity index (χ2v) is 18.1. The third kappa shape index (κ3) is 15.7. The summed E-state index contributed by atoms with van der Waals surface area (Å²) in [4.78, 5) is 73.1. The predicted molar refractivity (Wildman–Crippen MR) is 249 cm³/mol. The van der Waals surface area contributed by atoms with Gasteiger partial charge in [-0.1, -0.05) is 128 Å². The molecule has 13 heteroatoms. The lowest BCUT2D eigenvalue weighted by molar-refractivity contribution is -0.144. The number of methoxy groups -OCH3 is 2. The van der Waals surface area contributed by atoms with Crippen molar-refractivity contribution in [2.45, 2.75) is 136 Å². The Labute approximate surface area is 377 Å². The fraction of sp³-hybridized carbons (Fsp3) is 0.620. The Morgan fingerprint density at radius 2 is 1.46 bits per heavy atom. The fourth-order valence-corrected chi connectivity index (χ4v) is 9.38. The number of nitrogens with one attached hydrogen (secondary N) is 2. The molecule has 0 aliphatic carbocycles. The van der Waals surface area contributed by atoms with Gasteiger partial charge in [-0.05, 0) is 75.2 Å². The number of carboxylic acid groups (broad SMARTS) is 1. The Kier molecular flexibility index (Phi) is 22.2. The first-order valence-corrected chi connectivity index (χ1v) is 22.9. The molecule has 1 saturated heterocycles. The van der Waals surface area contributed by atoms with Crippen molar-refractivity contribution in [2.24, 2.45) is 23.7 Å². The lowest BCUT2D eigenvalue weighted by Crippen LogP contribution is -2.60. The molecule has 63 heavy (non-hydrogen) atoms. The van der Waals surface area contributed by atoms with Crippen LogP contribution in [0.4, 0.5) is 0 Å². The van der Waals surface area contributed by atoms with Crippen molar-refractivity contribution >= 4 is 35.7 Å². The highest BCUT2D eigenvalue weighted by molar-refractivity contribution is 6.00. The van der Waals surface area contributed by atoms with Crippen LogP contribution in [0.2, 0.25) is 0 Å². The van der Waals surface area contributed by atoms with Gasteiger partial charge in [-0.3, -0.25) is 39.1 Å². The molecule has 0 aromatic heterocycles. The molecule has 1 heterocycles.